The van der Waals surface area contributed by atoms with Crippen molar-refractivity contribution in [1.82, 2.24) is 5.16 Å². The fraction of sp³-hybridized carbons (Fsp3) is 0.400. The molecular weight excluding hydrogens is 204 g/mol. The summed E-state index contributed by atoms with van der Waals surface area (Å²) in [5, 5.41) is 3.38. The molecule has 0 fully saturated rings. The lowest BCUT2D eigenvalue weighted by molar-refractivity contribution is 0.396. The van der Waals surface area contributed by atoms with Gasteiger partial charge in [-0.15, -0.1) is 0 Å². The van der Waals surface area contributed by atoms with Crippen molar-refractivity contribution >= 4 is 27.3 Å². The van der Waals surface area contributed by atoms with Gasteiger partial charge in [0.05, 0.1) is 0 Å². The topological polar surface area (TPSA) is 86.2 Å². The van der Waals surface area contributed by atoms with Crippen LogP contribution < -0.4 is 5.73 Å². The number of nitrogens with two attached hydrogens (primary N) is 1. The molecular formula is C5H7ClN2O3S. The molecule has 0 amide bonds. The Hall–Kier alpha value is -0.750. The van der Waals surface area contributed by atoms with E-state index in [1.165, 1.54) is 0 Å². The molecule has 1 aromatic heterocycles. The lowest BCUT2D eigenvalue weighted by Gasteiger charge is -1.91. The number of anilines is 1. The highest BCUT2D eigenvalue weighted by Crippen LogP contribution is 2.23. The Morgan fingerprint density at radius 1 is 1.67 bits per heavy atom. The Kier molecular flexibility index (Phi) is 2.29. The van der Waals surface area contributed by atoms with Gasteiger partial charge in [-0.25, -0.2) is 8.42 Å². The fourth-order valence-electron chi connectivity index (χ4n) is 0.655. The van der Waals surface area contributed by atoms with E-state index in [9.17, 15) is 8.42 Å². The second-order valence-corrected chi connectivity index (χ2v) is 4.89. The van der Waals surface area contributed by atoms with Crippen LogP contribution in [0.1, 0.15) is 5.76 Å². The Morgan fingerprint density at radius 3 is 2.58 bits per heavy atom. The van der Waals surface area contributed by atoms with Gasteiger partial charge in [0.25, 0.3) is 0 Å². The van der Waals surface area contributed by atoms with E-state index in [0.717, 1.165) is 6.26 Å². The quantitative estimate of drug-likeness (QED) is 0.766. The largest absolute Gasteiger partial charge is 0.380 e. The van der Waals surface area contributed by atoms with E-state index in [1.807, 2.05) is 0 Å². The average Bonchev–Trinajstić information content (AvgIpc) is 2.16. The van der Waals surface area contributed by atoms with Crippen LogP contribution in [0, 0.1) is 0 Å². The van der Waals surface area contributed by atoms with Gasteiger partial charge in [0.2, 0.25) is 0 Å². The summed E-state index contributed by atoms with van der Waals surface area (Å²) in [4.78, 5) is 0. The predicted molar refractivity (Wildman–Crippen MR) is 44.5 cm³/mol. The molecule has 12 heavy (non-hydrogen) atoms. The van der Waals surface area contributed by atoms with Crippen molar-refractivity contribution in [3.05, 3.63) is 10.8 Å². The third-order valence-electron chi connectivity index (χ3n) is 1.12. The smallest absolute Gasteiger partial charge is 0.186 e. The van der Waals surface area contributed by atoms with Gasteiger partial charge in [0, 0.05) is 6.26 Å². The van der Waals surface area contributed by atoms with Crippen molar-refractivity contribution in [2.24, 2.45) is 0 Å². The van der Waals surface area contributed by atoms with Crippen LogP contribution in [0.2, 0.25) is 5.02 Å². The summed E-state index contributed by atoms with van der Waals surface area (Å²) in [6, 6.07) is 0. The Balaban J connectivity index is 2.99. The minimum atomic E-state index is -3.16. The molecule has 68 valence electrons. The zero-order valence-corrected chi connectivity index (χ0v) is 7.82. The number of hydrogen-bond donors (Lipinski definition) is 1. The second kappa shape index (κ2) is 2.95. The summed E-state index contributed by atoms with van der Waals surface area (Å²) in [6.45, 7) is 0. The van der Waals surface area contributed by atoms with E-state index in [2.05, 4.69) is 9.68 Å². The maximum atomic E-state index is 10.8. The highest BCUT2D eigenvalue weighted by atomic mass is 35.5. The first-order chi connectivity index (χ1) is 5.40. The van der Waals surface area contributed by atoms with Crippen LogP contribution >= 0.6 is 11.6 Å². The van der Waals surface area contributed by atoms with Crippen molar-refractivity contribution in [1.29, 1.82) is 0 Å². The van der Waals surface area contributed by atoms with Gasteiger partial charge in [-0.05, 0) is 0 Å². The molecule has 0 aromatic carbocycles. The molecule has 1 heterocycles. The van der Waals surface area contributed by atoms with Gasteiger partial charge in [0.15, 0.2) is 21.4 Å². The van der Waals surface area contributed by atoms with Crippen LogP contribution in [0.4, 0.5) is 5.82 Å². The summed E-state index contributed by atoms with van der Waals surface area (Å²) in [5.41, 5.74) is 5.23. The lowest BCUT2D eigenvalue weighted by Crippen LogP contribution is -1.99. The molecule has 0 saturated carbocycles. The second-order valence-electron chi connectivity index (χ2n) is 2.38. The molecule has 0 aliphatic rings. The average molecular weight is 211 g/mol. The fourth-order valence-corrected chi connectivity index (χ4v) is 1.54. The molecule has 7 heteroatoms. The molecule has 0 radical (unpaired) electrons. The van der Waals surface area contributed by atoms with Crippen LogP contribution in [0.25, 0.3) is 0 Å². The van der Waals surface area contributed by atoms with Crippen LogP contribution in [0.3, 0.4) is 0 Å². The van der Waals surface area contributed by atoms with Gasteiger partial charge in [0.1, 0.15) is 10.8 Å². The SMILES string of the molecule is CS(=O)(=O)Cc1onc(N)c1Cl. The minimum Gasteiger partial charge on any atom is -0.380 e. The van der Waals surface area contributed by atoms with E-state index in [1.54, 1.807) is 0 Å². The summed E-state index contributed by atoms with van der Waals surface area (Å²) in [7, 11) is -3.16. The van der Waals surface area contributed by atoms with Crippen molar-refractivity contribution in [2.75, 3.05) is 12.0 Å². The summed E-state index contributed by atoms with van der Waals surface area (Å²) < 4.78 is 26.1. The molecule has 0 saturated heterocycles. The van der Waals surface area contributed by atoms with Gasteiger partial charge < -0.3 is 10.3 Å². The van der Waals surface area contributed by atoms with E-state index < -0.39 is 9.84 Å². The summed E-state index contributed by atoms with van der Waals surface area (Å²) in [5.74, 6) is -0.192. The van der Waals surface area contributed by atoms with Crippen LogP contribution in [0.5, 0.6) is 0 Å². The molecule has 5 nitrogen and oxygen atoms in total. The standard InChI is InChI=1S/C5H7ClN2O3S/c1-12(9,10)2-3-4(6)5(7)8-11-3/h2H2,1H3,(H2,7,8). The molecule has 0 atom stereocenters. The highest BCUT2D eigenvalue weighted by Gasteiger charge is 2.15. The van der Waals surface area contributed by atoms with Crippen LogP contribution in [-0.2, 0) is 15.6 Å². The highest BCUT2D eigenvalue weighted by molar-refractivity contribution is 7.89. The Bertz CT molecular complexity index is 383. The monoisotopic (exact) mass is 210 g/mol. The van der Waals surface area contributed by atoms with E-state index in [-0.39, 0.29) is 22.4 Å². The first kappa shape index (κ1) is 9.34. The van der Waals surface area contributed by atoms with Crippen LogP contribution in [-0.4, -0.2) is 19.8 Å². The predicted octanol–water partition coefficient (Wildman–Crippen LogP) is 0.455. The van der Waals surface area contributed by atoms with Crippen molar-refractivity contribution in [3.63, 3.8) is 0 Å². The minimum absolute atomic E-state index is 0.00955. The maximum absolute atomic E-state index is 10.8. The van der Waals surface area contributed by atoms with Gasteiger partial charge in [-0.2, -0.15) is 0 Å². The maximum Gasteiger partial charge on any atom is 0.186 e. The number of halogens is 1. The zero-order valence-electron chi connectivity index (χ0n) is 6.24. The van der Waals surface area contributed by atoms with E-state index in [4.69, 9.17) is 17.3 Å². The first-order valence-electron chi connectivity index (χ1n) is 2.97. The number of hydrogen-bond acceptors (Lipinski definition) is 5. The third kappa shape index (κ3) is 2.12. The Labute approximate surface area is 74.4 Å². The molecule has 0 bridgehead atoms. The molecule has 1 aromatic rings. The molecule has 2 N–H and O–H groups in total. The zero-order chi connectivity index (χ0) is 9.35. The van der Waals surface area contributed by atoms with Crippen molar-refractivity contribution in [3.8, 4) is 0 Å². The molecule has 1 rings (SSSR count). The van der Waals surface area contributed by atoms with Gasteiger partial charge in [-0.3, -0.25) is 0 Å². The summed E-state index contributed by atoms with van der Waals surface area (Å²) in [6.07, 6.45) is 1.07. The number of rotatable bonds is 2. The molecule has 0 spiro atoms. The van der Waals surface area contributed by atoms with Gasteiger partial charge >= 0.3 is 0 Å². The number of sulfone groups is 1. The molecule has 0 aliphatic heterocycles. The van der Waals surface area contributed by atoms with Crippen molar-refractivity contribution < 1.29 is 12.9 Å². The lowest BCUT2D eigenvalue weighted by atomic mass is 10.5. The third-order valence-corrected chi connectivity index (χ3v) is 2.31. The molecule has 0 unspecified atom stereocenters. The normalized spacial score (nSPS) is 11.8. The van der Waals surface area contributed by atoms with E-state index >= 15 is 0 Å². The van der Waals surface area contributed by atoms with Crippen LogP contribution in [0.15, 0.2) is 4.52 Å². The Morgan fingerprint density at radius 2 is 2.25 bits per heavy atom. The number of nitrogens with zero attached hydrogens (tertiary/aromatic N) is 1. The first-order valence-corrected chi connectivity index (χ1v) is 5.41. The molecule has 0 aliphatic carbocycles. The summed E-state index contributed by atoms with van der Waals surface area (Å²) >= 11 is 5.57. The van der Waals surface area contributed by atoms with Crippen molar-refractivity contribution in [2.45, 2.75) is 5.75 Å². The van der Waals surface area contributed by atoms with E-state index in [0.29, 0.717) is 0 Å². The van der Waals surface area contributed by atoms with Gasteiger partial charge in [-0.1, -0.05) is 16.8 Å². The number of nitrogen functional groups attached to an aromatic ring is 1. The number of aromatic nitrogens is 1.